The number of para-hydroxylation sites is 2. The molecule has 0 saturated carbocycles. The first-order valence-corrected chi connectivity index (χ1v) is 28.0. The van der Waals surface area contributed by atoms with Gasteiger partial charge in [-0.1, -0.05) is 171 Å². The Labute approximate surface area is 451 Å². The van der Waals surface area contributed by atoms with Crippen molar-refractivity contribution >= 4 is 74.3 Å². The average molecular weight is 984 g/mol. The number of anilines is 9. The molecule has 0 radical (unpaired) electrons. The third kappa shape index (κ3) is 6.02. The normalized spacial score (nSPS) is 19.4. The van der Waals surface area contributed by atoms with Crippen LogP contribution >= 0.6 is 0 Å². The molecule has 0 fully saturated rings. The molecule has 0 bridgehead atoms. The molecular weight excluding hydrogens is 918 g/mol. The summed E-state index contributed by atoms with van der Waals surface area (Å²) in [6.45, 7) is 24.8. The van der Waals surface area contributed by atoms with Crippen LogP contribution in [-0.2, 0) is 27.1 Å². The van der Waals surface area contributed by atoms with Crippen LogP contribution in [0.25, 0.3) is 22.3 Å². The molecule has 1 atom stereocenters. The van der Waals surface area contributed by atoms with E-state index in [2.05, 4.69) is 266 Å². The summed E-state index contributed by atoms with van der Waals surface area (Å²) in [5.41, 5.74) is 31.7. The van der Waals surface area contributed by atoms with E-state index in [1.165, 1.54) is 117 Å². The zero-order valence-corrected chi connectivity index (χ0v) is 45.9. The highest BCUT2D eigenvalue weighted by molar-refractivity contribution is 7.00. The minimum atomic E-state index is -0.390. The Morgan fingerprint density at radius 3 is 1.64 bits per heavy atom. The third-order valence-corrected chi connectivity index (χ3v) is 19.5. The maximum Gasteiger partial charge on any atom is 0.252 e. The summed E-state index contributed by atoms with van der Waals surface area (Å²) >= 11 is 0. The summed E-state index contributed by atoms with van der Waals surface area (Å²) < 4.78 is 0. The Morgan fingerprint density at radius 1 is 0.395 bits per heavy atom. The molecule has 0 N–H and O–H groups in total. The minimum absolute atomic E-state index is 0.00205. The molecule has 3 aliphatic heterocycles. The fourth-order valence-corrected chi connectivity index (χ4v) is 16.2. The lowest BCUT2D eigenvalue weighted by molar-refractivity contribution is 0.332. The van der Waals surface area contributed by atoms with Crippen LogP contribution in [0.15, 0.2) is 182 Å². The number of hydrogen-bond acceptors (Lipinski definition) is 3. The SMILES string of the molecule is Cc1cc2c3c4c1C1(C)c5ccccc5-c5cccc(c51)N4c1cc(N(c4ccccc4)c4ccccc4)ccc1B3c1cc3c(cc1N2c1cc2c(cc1-c1ccccc1)C(C)(C)CCC2(C)C)C(C)(C)CC3(C)C. The van der Waals surface area contributed by atoms with E-state index < -0.39 is 0 Å². The topological polar surface area (TPSA) is 9.72 Å². The summed E-state index contributed by atoms with van der Waals surface area (Å²) in [4.78, 5) is 7.95. The molecule has 1 unspecified atom stereocenters. The van der Waals surface area contributed by atoms with E-state index in [-0.39, 0.29) is 33.8 Å². The van der Waals surface area contributed by atoms with Crippen LogP contribution in [0, 0.1) is 6.92 Å². The van der Waals surface area contributed by atoms with Gasteiger partial charge in [-0.05, 0) is 199 Å². The first-order valence-electron chi connectivity index (χ1n) is 28.0. The van der Waals surface area contributed by atoms with Crippen molar-refractivity contribution in [1.82, 2.24) is 0 Å². The molecule has 0 saturated heterocycles. The molecular formula is C72H66BN3. The van der Waals surface area contributed by atoms with Gasteiger partial charge in [0.2, 0.25) is 0 Å². The third-order valence-electron chi connectivity index (χ3n) is 19.5. The van der Waals surface area contributed by atoms with Gasteiger partial charge in [0.05, 0.1) is 11.4 Å². The van der Waals surface area contributed by atoms with Crippen LogP contribution in [0.5, 0.6) is 0 Å². The summed E-state index contributed by atoms with van der Waals surface area (Å²) in [6.07, 6.45) is 3.41. The van der Waals surface area contributed by atoms with Gasteiger partial charge in [-0.2, -0.15) is 0 Å². The van der Waals surface area contributed by atoms with Crippen molar-refractivity contribution in [1.29, 1.82) is 0 Å². The summed E-state index contributed by atoms with van der Waals surface area (Å²) in [6, 6.07) is 70.3. The average Bonchev–Trinajstić information content (AvgIpc) is 3.86. The van der Waals surface area contributed by atoms with E-state index in [0.29, 0.717) is 0 Å². The second kappa shape index (κ2) is 15.3. The van der Waals surface area contributed by atoms with Crippen LogP contribution < -0.4 is 31.1 Å². The highest BCUT2D eigenvalue weighted by atomic mass is 15.2. The second-order valence-electron chi connectivity index (χ2n) is 26.0. The first-order chi connectivity index (χ1) is 36.5. The molecule has 3 heterocycles. The maximum absolute atomic E-state index is 2.78. The number of aryl methyl sites for hydroxylation is 1. The van der Waals surface area contributed by atoms with Crippen molar-refractivity contribution in [3.8, 4) is 22.3 Å². The van der Waals surface area contributed by atoms with E-state index in [4.69, 9.17) is 0 Å². The van der Waals surface area contributed by atoms with Gasteiger partial charge in [-0.15, -0.1) is 0 Å². The number of benzene rings is 9. The van der Waals surface area contributed by atoms with Gasteiger partial charge in [0.25, 0.3) is 6.71 Å². The van der Waals surface area contributed by atoms with E-state index in [0.717, 1.165) is 36.3 Å². The smallest absolute Gasteiger partial charge is 0.252 e. The lowest BCUT2D eigenvalue weighted by Gasteiger charge is -2.51. The lowest BCUT2D eigenvalue weighted by Crippen LogP contribution is -2.62. The summed E-state index contributed by atoms with van der Waals surface area (Å²) in [5, 5.41) is 0. The second-order valence-corrected chi connectivity index (χ2v) is 26.0. The molecule has 6 aliphatic rings. The quantitative estimate of drug-likeness (QED) is 0.159. The summed E-state index contributed by atoms with van der Waals surface area (Å²) in [5.74, 6) is 0. The van der Waals surface area contributed by atoms with Crippen LogP contribution in [0.1, 0.15) is 126 Å². The first kappa shape index (κ1) is 45.8. The molecule has 9 aromatic rings. The van der Waals surface area contributed by atoms with Crippen LogP contribution in [0.4, 0.5) is 51.2 Å². The Morgan fingerprint density at radius 2 is 0.961 bits per heavy atom. The highest BCUT2D eigenvalue weighted by Gasteiger charge is 2.55. The number of nitrogens with zero attached hydrogens (tertiary/aromatic N) is 3. The fourth-order valence-electron chi connectivity index (χ4n) is 16.2. The zero-order chi connectivity index (χ0) is 52.0. The minimum Gasteiger partial charge on any atom is -0.311 e. The Hall–Kier alpha value is -7.56. The van der Waals surface area contributed by atoms with Gasteiger partial charge in [-0.25, -0.2) is 0 Å². The molecule has 0 spiro atoms. The maximum atomic E-state index is 2.78. The van der Waals surface area contributed by atoms with E-state index in [9.17, 15) is 0 Å². The molecule has 4 heteroatoms. The van der Waals surface area contributed by atoms with Crippen molar-refractivity contribution in [3.05, 3.63) is 226 Å². The molecule has 0 aromatic heterocycles. The zero-order valence-electron chi connectivity index (χ0n) is 45.9. The van der Waals surface area contributed by atoms with Gasteiger partial charge in [-0.3, -0.25) is 0 Å². The fraction of sp³-hybridized carbons (Fsp3) is 0.250. The molecule has 15 rings (SSSR count). The van der Waals surface area contributed by atoms with Gasteiger partial charge in [0.15, 0.2) is 0 Å². The molecule has 3 nitrogen and oxygen atoms in total. The number of fused-ring (bicyclic) bond motifs is 12. The highest BCUT2D eigenvalue weighted by Crippen LogP contribution is 2.65. The molecule has 372 valence electrons. The summed E-state index contributed by atoms with van der Waals surface area (Å²) in [7, 11) is 0. The van der Waals surface area contributed by atoms with Crippen molar-refractivity contribution in [2.45, 2.75) is 116 Å². The van der Waals surface area contributed by atoms with Crippen molar-refractivity contribution in [3.63, 3.8) is 0 Å². The largest absolute Gasteiger partial charge is 0.311 e. The van der Waals surface area contributed by atoms with Crippen molar-refractivity contribution in [2.24, 2.45) is 0 Å². The number of hydrogen-bond donors (Lipinski definition) is 0. The Balaban J connectivity index is 1.10. The number of rotatable bonds is 5. The van der Waals surface area contributed by atoms with Gasteiger partial charge >= 0.3 is 0 Å². The molecule has 76 heavy (non-hydrogen) atoms. The Bertz CT molecular complexity index is 3920. The molecule has 3 aliphatic carbocycles. The van der Waals surface area contributed by atoms with E-state index >= 15 is 0 Å². The predicted octanol–water partition coefficient (Wildman–Crippen LogP) is 17.2. The van der Waals surface area contributed by atoms with Crippen molar-refractivity contribution in [2.75, 3.05) is 14.7 Å². The monoisotopic (exact) mass is 984 g/mol. The molecule has 0 amide bonds. The van der Waals surface area contributed by atoms with Crippen molar-refractivity contribution < 1.29 is 0 Å². The molecule has 9 aromatic carbocycles. The van der Waals surface area contributed by atoms with Gasteiger partial charge in [0, 0.05) is 50.8 Å². The van der Waals surface area contributed by atoms with E-state index in [1.54, 1.807) is 0 Å². The predicted molar refractivity (Wildman–Crippen MR) is 322 cm³/mol. The standard InChI is InChI=1S/C72H66BN3/c1-44-37-63-66-67-64(44)72(10)52-31-21-20-29-49(52)50-30-22-32-59(65(50)72)76(67)61-38-48(74(46-25-16-12-17-26-46)47-27-18-13-19-28-47)33-34-57(61)73(66)58-40-54-56(71(8,9)43-70(54,6)7)42-62(58)75(63)60-41-55-53(68(2,3)35-36-69(55,4)5)39-51(60)45-23-14-11-15-24-45/h11-34,37-42H,35-36,43H2,1-10H3. The van der Waals surface area contributed by atoms with Crippen LogP contribution in [0.2, 0.25) is 0 Å². The van der Waals surface area contributed by atoms with Gasteiger partial charge < -0.3 is 14.7 Å². The van der Waals surface area contributed by atoms with Gasteiger partial charge in [0.1, 0.15) is 0 Å². The van der Waals surface area contributed by atoms with Crippen LogP contribution in [0.3, 0.4) is 0 Å². The van der Waals surface area contributed by atoms with E-state index in [1.807, 2.05) is 0 Å². The Kier molecular flexibility index (Phi) is 9.23. The van der Waals surface area contributed by atoms with Crippen LogP contribution in [-0.4, -0.2) is 6.71 Å². The lowest BCUT2D eigenvalue weighted by atomic mass is 9.32.